The topological polar surface area (TPSA) is 64.3 Å². The summed E-state index contributed by atoms with van der Waals surface area (Å²) >= 11 is 0. The summed E-state index contributed by atoms with van der Waals surface area (Å²) in [6.45, 7) is 7.41. The van der Waals surface area contributed by atoms with E-state index in [4.69, 9.17) is 10.5 Å². The molecular formula is C11H24N2O2. The Hall–Kier alpha value is -0.610. The van der Waals surface area contributed by atoms with Gasteiger partial charge in [0.25, 0.3) is 0 Å². The lowest BCUT2D eigenvalue weighted by Crippen LogP contribution is -2.43. The molecule has 0 aliphatic carbocycles. The third-order valence-corrected chi connectivity index (χ3v) is 2.14. The molecule has 4 heteroatoms. The Kier molecular flexibility index (Phi) is 7.34. The van der Waals surface area contributed by atoms with Crippen LogP contribution in [0, 0.1) is 11.8 Å². The number of amides is 1. The van der Waals surface area contributed by atoms with Crippen molar-refractivity contribution in [2.45, 2.75) is 33.2 Å². The molecule has 0 saturated carbocycles. The Morgan fingerprint density at radius 3 is 2.47 bits per heavy atom. The molecule has 0 fully saturated rings. The first kappa shape index (κ1) is 14.4. The lowest BCUT2D eigenvalue weighted by Gasteiger charge is -2.16. The van der Waals surface area contributed by atoms with E-state index in [1.807, 2.05) is 6.92 Å². The van der Waals surface area contributed by atoms with Gasteiger partial charge < -0.3 is 15.8 Å². The zero-order valence-corrected chi connectivity index (χ0v) is 10.2. The van der Waals surface area contributed by atoms with Crippen molar-refractivity contribution in [2.75, 3.05) is 20.3 Å². The molecule has 1 unspecified atom stereocenters. The summed E-state index contributed by atoms with van der Waals surface area (Å²) in [5.74, 6) is 0.707. The predicted molar refractivity (Wildman–Crippen MR) is 61.5 cm³/mol. The van der Waals surface area contributed by atoms with E-state index in [9.17, 15) is 4.79 Å². The number of nitrogens with two attached hydrogens (primary N) is 1. The quantitative estimate of drug-likeness (QED) is 0.660. The van der Waals surface area contributed by atoms with Gasteiger partial charge in [0.2, 0.25) is 5.91 Å². The van der Waals surface area contributed by atoms with Crippen molar-refractivity contribution >= 4 is 5.91 Å². The number of methoxy groups -OCH3 is 1. The average molecular weight is 216 g/mol. The molecule has 0 radical (unpaired) electrons. The van der Waals surface area contributed by atoms with Gasteiger partial charge in [0.05, 0.1) is 12.6 Å². The standard InChI is InChI=1S/C11H24N2O2/c1-8(2)5-10(12)11(14)13-6-9(3)7-15-4/h8-10H,5-7,12H2,1-4H3,(H,13,14)/t9?,10-/m1/s1. The van der Waals surface area contributed by atoms with Gasteiger partial charge in [0, 0.05) is 13.7 Å². The highest BCUT2D eigenvalue weighted by Gasteiger charge is 2.15. The van der Waals surface area contributed by atoms with E-state index in [1.54, 1.807) is 7.11 Å². The summed E-state index contributed by atoms with van der Waals surface area (Å²) in [6.07, 6.45) is 0.727. The van der Waals surface area contributed by atoms with Crippen molar-refractivity contribution in [3.63, 3.8) is 0 Å². The van der Waals surface area contributed by atoms with E-state index in [0.717, 1.165) is 6.42 Å². The van der Waals surface area contributed by atoms with Crippen LogP contribution in [0.15, 0.2) is 0 Å². The highest BCUT2D eigenvalue weighted by Crippen LogP contribution is 2.02. The van der Waals surface area contributed by atoms with Crippen LogP contribution in [0.1, 0.15) is 27.2 Å². The molecule has 90 valence electrons. The molecule has 0 saturated heterocycles. The van der Waals surface area contributed by atoms with E-state index in [2.05, 4.69) is 19.2 Å². The lowest BCUT2D eigenvalue weighted by molar-refractivity contribution is -0.122. The van der Waals surface area contributed by atoms with Crippen LogP contribution in [-0.4, -0.2) is 32.2 Å². The number of carbonyl (C=O) groups is 1. The Labute approximate surface area is 92.6 Å². The number of rotatable bonds is 7. The van der Waals surface area contributed by atoms with Gasteiger partial charge in [-0.2, -0.15) is 0 Å². The van der Waals surface area contributed by atoms with Gasteiger partial charge in [-0.05, 0) is 18.3 Å². The first-order valence-electron chi connectivity index (χ1n) is 5.49. The van der Waals surface area contributed by atoms with E-state index >= 15 is 0 Å². The van der Waals surface area contributed by atoms with E-state index in [-0.39, 0.29) is 11.9 Å². The van der Waals surface area contributed by atoms with Crippen molar-refractivity contribution in [3.8, 4) is 0 Å². The molecule has 1 amide bonds. The first-order chi connectivity index (χ1) is 6.97. The van der Waals surface area contributed by atoms with Crippen LogP contribution in [0.3, 0.4) is 0 Å². The van der Waals surface area contributed by atoms with Gasteiger partial charge in [-0.25, -0.2) is 0 Å². The zero-order valence-electron chi connectivity index (χ0n) is 10.2. The maximum Gasteiger partial charge on any atom is 0.236 e. The molecular weight excluding hydrogens is 192 g/mol. The SMILES string of the molecule is COCC(C)CNC(=O)[C@H](N)CC(C)C. The van der Waals surface area contributed by atoms with Gasteiger partial charge in [0.15, 0.2) is 0 Å². The number of nitrogens with one attached hydrogen (secondary N) is 1. The van der Waals surface area contributed by atoms with E-state index in [1.165, 1.54) is 0 Å². The largest absolute Gasteiger partial charge is 0.384 e. The van der Waals surface area contributed by atoms with Crippen molar-refractivity contribution in [3.05, 3.63) is 0 Å². The summed E-state index contributed by atoms with van der Waals surface area (Å²) in [5, 5.41) is 2.83. The molecule has 0 aliphatic rings. The number of ether oxygens (including phenoxy) is 1. The first-order valence-corrected chi connectivity index (χ1v) is 5.49. The summed E-state index contributed by atoms with van der Waals surface area (Å²) in [7, 11) is 1.66. The van der Waals surface area contributed by atoms with Crippen LogP contribution in [0.25, 0.3) is 0 Å². The Bertz CT molecular complexity index is 183. The summed E-state index contributed by atoms with van der Waals surface area (Å²) in [5.41, 5.74) is 5.74. The molecule has 3 N–H and O–H groups in total. The van der Waals surface area contributed by atoms with E-state index < -0.39 is 0 Å². The number of hydrogen-bond acceptors (Lipinski definition) is 3. The minimum atomic E-state index is -0.389. The fraction of sp³-hybridized carbons (Fsp3) is 0.909. The highest BCUT2D eigenvalue weighted by molar-refractivity contribution is 5.81. The molecule has 0 rings (SSSR count). The number of hydrogen-bond donors (Lipinski definition) is 2. The Morgan fingerprint density at radius 2 is 2.00 bits per heavy atom. The Balaban J connectivity index is 3.72. The minimum absolute atomic E-state index is 0.0633. The molecule has 0 heterocycles. The second-order valence-corrected chi connectivity index (χ2v) is 4.54. The summed E-state index contributed by atoms with van der Waals surface area (Å²) in [4.78, 5) is 11.5. The fourth-order valence-corrected chi connectivity index (χ4v) is 1.36. The minimum Gasteiger partial charge on any atom is -0.384 e. The van der Waals surface area contributed by atoms with Crippen LogP contribution < -0.4 is 11.1 Å². The predicted octanol–water partition coefficient (Wildman–Crippen LogP) is 0.759. The smallest absolute Gasteiger partial charge is 0.236 e. The molecule has 4 nitrogen and oxygen atoms in total. The van der Waals surface area contributed by atoms with Crippen LogP contribution in [0.4, 0.5) is 0 Å². The van der Waals surface area contributed by atoms with Gasteiger partial charge >= 0.3 is 0 Å². The normalized spacial score (nSPS) is 15.1. The van der Waals surface area contributed by atoms with Gasteiger partial charge in [-0.1, -0.05) is 20.8 Å². The molecule has 0 aromatic heterocycles. The maximum absolute atomic E-state index is 11.5. The van der Waals surface area contributed by atoms with Crippen molar-refractivity contribution < 1.29 is 9.53 Å². The molecule has 0 bridgehead atoms. The van der Waals surface area contributed by atoms with Crippen LogP contribution in [-0.2, 0) is 9.53 Å². The lowest BCUT2D eigenvalue weighted by atomic mass is 10.0. The van der Waals surface area contributed by atoms with Gasteiger partial charge in [-0.15, -0.1) is 0 Å². The summed E-state index contributed by atoms with van der Waals surface area (Å²) in [6, 6.07) is -0.389. The summed E-state index contributed by atoms with van der Waals surface area (Å²) < 4.78 is 4.98. The second-order valence-electron chi connectivity index (χ2n) is 4.54. The van der Waals surface area contributed by atoms with Crippen LogP contribution >= 0.6 is 0 Å². The van der Waals surface area contributed by atoms with E-state index in [0.29, 0.717) is 25.0 Å². The monoisotopic (exact) mass is 216 g/mol. The molecule has 0 aliphatic heterocycles. The van der Waals surface area contributed by atoms with Crippen LogP contribution in [0.5, 0.6) is 0 Å². The molecule has 0 aromatic rings. The Morgan fingerprint density at radius 1 is 1.40 bits per heavy atom. The van der Waals surface area contributed by atoms with Crippen molar-refractivity contribution in [1.29, 1.82) is 0 Å². The average Bonchev–Trinajstić information content (AvgIpc) is 2.13. The molecule has 0 aromatic carbocycles. The number of carbonyl (C=O) groups excluding carboxylic acids is 1. The third kappa shape index (κ3) is 7.33. The van der Waals surface area contributed by atoms with Gasteiger partial charge in [-0.3, -0.25) is 4.79 Å². The maximum atomic E-state index is 11.5. The second kappa shape index (κ2) is 7.65. The molecule has 0 spiro atoms. The zero-order chi connectivity index (χ0) is 11.8. The van der Waals surface area contributed by atoms with Crippen molar-refractivity contribution in [1.82, 2.24) is 5.32 Å². The van der Waals surface area contributed by atoms with Crippen LogP contribution in [0.2, 0.25) is 0 Å². The molecule has 15 heavy (non-hydrogen) atoms. The third-order valence-electron chi connectivity index (χ3n) is 2.14. The van der Waals surface area contributed by atoms with Gasteiger partial charge in [0.1, 0.15) is 0 Å². The highest BCUT2D eigenvalue weighted by atomic mass is 16.5. The van der Waals surface area contributed by atoms with Crippen molar-refractivity contribution in [2.24, 2.45) is 17.6 Å². The molecule has 2 atom stereocenters. The fourth-order valence-electron chi connectivity index (χ4n) is 1.36.